The lowest BCUT2D eigenvalue weighted by Gasteiger charge is -2.10. The van der Waals surface area contributed by atoms with Crippen LogP contribution in [0.3, 0.4) is 0 Å². The molecule has 0 aliphatic carbocycles. The van der Waals surface area contributed by atoms with Gasteiger partial charge in [-0.25, -0.2) is 4.98 Å². The lowest BCUT2D eigenvalue weighted by atomic mass is 10.0. The van der Waals surface area contributed by atoms with E-state index < -0.39 is 0 Å². The highest BCUT2D eigenvalue weighted by atomic mass is 35.5. The van der Waals surface area contributed by atoms with E-state index in [4.69, 9.17) is 23.2 Å². The Balaban J connectivity index is 1.98. The molecule has 0 radical (unpaired) electrons. The molecule has 0 atom stereocenters. The Morgan fingerprint density at radius 3 is 2.18 bits per heavy atom. The van der Waals surface area contributed by atoms with Crippen LogP contribution in [-0.4, -0.2) is 9.55 Å². The van der Waals surface area contributed by atoms with Crippen LogP contribution >= 0.6 is 23.2 Å². The van der Waals surface area contributed by atoms with E-state index in [0.717, 1.165) is 27.7 Å². The number of aromatic nitrogens is 2. The topological polar surface area (TPSA) is 17.8 Å². The van der Waals surface area contributed by atoms with Gasteiger partial charge in [0.1, 0.15) is 0 Å². The summed E-state index contributed by atoms with van der Waals surface area (Å²) in [5.41, 5.74) is 3.42. The average molecular weight is 329 g/mol. The molecule has 0 unspecified atom stereocenters. The zero-order valence-electron chi connectivity index (χ0n) is 11.8. The third-order valence-corrected chi connectivity index (χ3v) is 3.84. The van der Waals surface area contributed by atoms with Crippen LogP contribution in [0.15, 0.2) is 67.3 Å². The van der Waals surface area contributed by atoms with Crippen LogP contribution in [0.2, 0.25) is 10.0 Å². The zero-order chi connectivity index (χ0) is 15.4. The molecular weight excluding hydrogens is 315 g/mol. The van der Waals surface area contributed by atoms with Crippen molar-refractivity contribution >= 4 is 34.9 Å². The van der Waals surface area contributed by atoms with Crippen LogP contribution in [0.5, 0.6) is 0 Å². The Morgan fingerprint density at radius 1 is 0.955 bits per heavy atom. The second-order valence-electron chi connectivity index (χ2n) is 4.96. The molecule has 1 aromatic heterocycles. The van der Waals surface area contributed by atoms with Gasteiger partial charge in [0.15, 0.2) is 0 Å². The van der Waals surface area contributed by atoms with Crippen LogP contribution < -0.4 is 0 Å². The van der Waals surface area contributed by atoms with E-state index in [1.807, 2.05) is 65.6 Å². The fraction of sp³-hybridized carbons (Fsp3) is 0.0556. The summed E-state index contributed by atoms with van der Waals surface area (Å²) in [6, 6.07) is 15.7. The minimum Gasteiger partial charge on any atom is -0.333 e. The van der Waals surface area contributed by atoms with E-state index >= 15 is 0 Å². The molecule has 2 nitrogen and oxygen atoms in total. The highest BCUT2D eigenvalue weighted by Gasteiger charge is 2.04. The molecule has 3 rings (SSSR count). The van der Waals surface area contributed by atoms with Crippen LogP contribution in [0, 0.1) is 0 Å². The number of benzene rings is 2. The van der Waals surface area contributed by atoms with E-state index in [9.17, 15) is 0 Å². The number of rotatable bonds is 4. The maximum atomic E-state index is 5.99. The Bertz CT molecular complexity index is 758. The first-order valence-corrected chi connectivity index (χ1v) is 7.64. The Morgan fingerprint density at radius 2 is 1.59 bits per heavy atom. The number of allylic oxidation sites excluding steroid dienone is 1. The van der Waals surface area contributed by atoms with Crippen molar-refractivity contribution in [3.05, 3.63) is 88.4 Å². The third-order valence-electron chi connectivity index (χ3n) is 3.34. The molecule has 0 fully saturated rings. The summed E-state index contributed by atoms with van der Waals surface area (Å²) < 4.78 is 2.04. The number of hydrogen-bond donors (Lipinski definition) is 0. The molecule has 4 heteroatoms. The minimum atomic E-state index is 0.734. The van der Waals surface area contributed by atoms with E-state index in [0.29, 0.717) is 0 Å². The normalized spacial score (nSPS) is 11.6. The summed E-state index contributed by atoms with van der Waals surface area (Å²) in [5.74, 6) is 0. The number of halogens is 2. The van der Waals surface area contributed by atoms with Gasteiger partial charge in [-0.2, -0.15) is 0 Å². The van der Waals surface area contributed by atoms with Gasteiger partial charge in [-0.1, -0.05) is 47.5 Å². The molecule has 110 valence electrons. The van der Waals surface area contributed by atoms with Gasteiger partial charge < -0.3 is 4.57 Å². The molecule has 0 saturated carbocycles. The van der Waals surface area contributed by atoms with Crippen molar-refractivity contribution in [2.75, 3.05) is 0 Å². The fourth-order valence-corrected chi connectivity index (χ4v) is 2.47. The second-order valence-corrected chi connectivity index (χ2v) is 5.84. The first-order chi connectivity index (χ1) is 10.7. The van der Waals surface area contributed by atoms with Gasteiger partial charge in [0.2, 0.25) is 0 Å². The number of hydrogen-bond acceptors (Lipinski definition) is 1. The van der Waals surface area contributed by atoms with Gasteiger partial charge in [-0.05, 0) is 47.0 Å². The van der Waals surface area contributed by atoms with Crippen molar-refractivity contribution in [3.63, 3.8) is 0 Å². The standard InChI is InChI=1S/C18H14Cl2N2/c19-17-5-1-14(2-6-17)11-16(12-22-10-9-21-13-22)15-3-7-18(20)8-4-15/h1-11,13H,12H2. The van der Waals surface area contributed by atoms with Gasteiger partial charge >= 0.3 is 0 Å². The summed E-state index contributed by atoms with van der Waals surface area (Å²) in [6.07, 6.45) is 7.69. The predicted octanol–water partition coefficient (Wildman–Crippen LogP) is 5.43. The Kier molecular flexibility index (Phi) is 4.62. The van der Waals surface area contributed by atoms with E-state index in [1.165, 1.54) is 5.57 Å². The zero-order valence-corrected chi connectivity index (χ0v) is 13.3. The van der Waals surface area contributed by atoms with E-state index in [2.05, 4.69) is 11.1 Å². The molecule has 2 aromatic carbocycles. The summed E-state index contributed by atoms with van der Waals surface area (Å²) in [4.78, 5) is 4.10. The van der Waals surface area contributed by atoms with E-state index in [-0.39, 0.29) is 0 Å². The molecule has 0 aliphatic heterocycles. The van der Waals surface area contributed by atoms with Gasteiger partial charge in [0.25, 0.3) is 0 Å². The molecule has 0 amide bonds. The number of nitrogens with zero attached hydrogens (tertiary/aromatic N) is 2. The van der Waals surface area contributed by atoms with Gasteiger partial charge in [0, 0.05) is 29.0 Å². The predicted molar refractivity (Wildman–Crippen MR) is 93.0 cm³/mol. The molecule has 0 aliphatic rings. The first kappa shape index (κ1) is 14.9. The Hall–Kier alpha value is -2.03. The van der Waals surface area contributed by atoms with Crippen molar-refractivity contribution in [1.29, 1.82) is 0 Å². The quantitative estimate of drug-likeness (QED) is 0.584. The maximum absolute atomic E-state index is 5.99. The molecular formula is C18H14Cl2N2. The van der Waals surface area contributed by atoms with Crippen molar-refractivity contribution in [3.8, 4) is 0 Å². The monoisotopic (exact) mass is 328 g/mol. The van der Waals surface area contributed by atoms with Crippen LogP contribution in [0.25, 0.3) is 11.6 Å². The van der Waals surface area contributed by atoms with Crippen LogP contribution in [0.4, 0.5) is 0 Å². The van der Waals surface area contributed by atoms with Crippen LogP contribution in [0.1, 0.15) is 11.1 Å². The van der Waals surface area contributed by atoms with Crippen molar-refractivity contribution in [2.45, 2.75) is 6.54 Å². The molecule has 0 saturated heterocycles. The average Bonchev–Trinajstić information content (AvgIpc) is 3.03. The minimum absolute atomic E-state index is 0.734. The SMILES string of the molecule is Clc1ccc(C=C(Cn2ccnc2)c2ccc(Cl)cc2)cc1. The molecule has 0 N–H and O–H groups in total. The summed E-state index contributed by atoms with van der Waals surface area (Å²) in [6.45, 7) is 0.740. The summed E-state index contributed by atoms with van der Waals surface area (Å²) >= 11 is 11.9. The second kappa shape index (κ2) is 6.82. The van der Waals surface area contributed by atoms with Gasteiger partial charge in [-0.15, -0.1) is 0 Å². The third kappa shape index (κ3) is 3.79. The molecule has 0 bridgehead atoms. The fourth-order valence-electron chi connectivity index (χ4n) is 2.22. The molecule has 0 spiro atoms. The van der Waals surface area contributed by atoms with E-state index in [1.54, 1.807) is 6.20 Å². The smallest absolute Gasteiger partial charge is 0.0949 e. The van der Waals surface area contributed by atoms with Gasteiger partial charge in [-0.3, -0.25) is 0 Å². The highest BCUT2D eigenvalue weighted by molar-refractivity contribution is 6.30. The molecule has 3 aromatic rings. The van der Waals surface area contributed by atoms with Crippen molar-refractivity contribution in [1.82, 2.24) is 9.55 Å². The van der Waals surface area contributed by atoms with Gasteiger partial charge in [0.05, 0.1) is 6.33 Å². The van der Waals surface area contributed by atoms with Crippen LogP contribution in [-0.2, 0) is 6.54 Å². The molecule has 22 heavy (non-hydrogen) atoms. The van der Waals surface area contributed by atoms with Crippen molar-refractivity contribution in [2.24, 2.45) is 0 Å². The Labute approximate surface area is 139 Å². The van der Waals surface area contributed by atoms with Crippen molar-refractivity contribution < 1.29 is 0 Å². The summed E-state index contributed by atoms with van der Waals surface area (Å²) in [7, 11) is 0. The maximum Gasteiger partial charge on any atom is 0.0949 e. The lowest BCUT2D eigenvalue weighted by molar-refractivity contribution is 0.836. The summed E-state index contributed by atoms with van der Waals surface area (Å²) in [5, 5.41) is 1.47. The highest BCUT2D eigenvalue weighted by Crippen LogP contribution is 2.23. The lowest BCUT2D eigenvalue weighted by Crippen LogP contribution is -1.98. The molecule has 1 heterocycles. The number of imidazole rings is 1. The first-order valence-electron chi connectivity index (χ1n) is 6.88. The largest absolute Gasteiger partial charge is 0.333 e.